The molecule has 0 N–H and O–H groups in total. The van der Waals surface area contributed by atoms with Crippen molar-refractivity contribution in [2.24, 2.45) is 0 Å². The Balaban J connectivity index is 1.22. The van der Waals surface area contributed by atoms with Gasteiger partial charge in [-0.2, -0.15) is 0 Å². The molecule has 196 valence electrons. The molecule has 1 aliphatic heterocycles. The highest BCUT2D eigenvalue weighted by molar-refractivity contribution is 6.25. The summed E-state index contributed by atoms with van der Waals surface area (Å²) in [6.45, 7) is 0. The van der Waals surface area contributed by atoms with Gasteiger partial charge in [0, 0.05) is 27.4 Å². The van der Waals surface area contributed by atoms with E-state index in [1.807, 2.05) is 24.3 Å². The average molecular weight is 538 g/mol. The maximum Gasteiger partial charge on any atom is 0.151 e. The summed E-state index contributed by atoms with van der Waals surface area (Å²) in [5, 5.41) is 3.90. The molecule has 10 rings (SSSR count). The quantitative estimate of drug-likeness (QED) is 0.219. The van der Waals surface area contributed by atoms with Gasteiger partial charge in [-0.25, -0.2) is 0 Å². The van der Waals surface area contributed by atoms with Gasteiger partial charge in [-0.05, 0) is 60.2 Å². The van der Waals surface area contributed by atoms with Gasteiger partial charge in [-0.15, -0.1) is 0 Å². The molecule has 4 heteroatoms. The number of benzene rings is 6. The maximum absolute atomic E-state index is 6.23. The Morgan fingerprint density at radius 1 is 0.452 bits per heavy atom. The zero-order valence-corrected chi connectivity index (χ0v) is 22.5. The van der Waals surface area contributed by atoms with E-state index >= 15 is 0 Å². The minimum atomic E-state index is 0.860. The average Bonchev–Trinajstić information content (AvgIpc) is 3.68. The van der Waals surface area contributed by atoms with Crippen molar-refractivity contribution in [2.75, 3.05) is 4.90 Å². The summed E-state index contributed by atoms with van der Waals surface area (Å²) >= 11 is 0. The van der Waals surface area contributed by atoms with Gasteiger partial charge in [0.2, 0.25) is 0 Å². The number of ether oxygens (including phenoxy) is 1. The molecule has 0 atom stereocenters. The van der Waals surface area contributed by atoms with Crippen molar-refractivity contribution in [2.45, 2.75) is 0 Å². The molecule has 0 bridgehead atoms. The second-order valence-corrected chi connectivity index (χ2v) is 11.0. The van der Waals surface area contributed by atoms with Gasteiger partial charge in [0.25, 0.3) is 0 Å². The SMILES string of the molecule is c1ccc2c(c1)Oc1ccccc1N2c1ccc(-c2cccc3c4c5ccccc5n5c6ccccc6n(c23)c45)cc1. The molecule has 0 aliphatic carbocycles. The van der Waals surface area contributed by atoms with E-state index in [1.54, 1.807) is 0 Å². The lowest BCUT2D eigenvalue weighted by molar-refractivity contribution is 0.477. The Bertz CT molecular complexity index is 2450. The Kier molecular flexibility index (Phi) is 4.15. The molecule has 0 saturated heterocycles. The van der Waals surface area contributed by atoms with Gasteiger partial charge < -0.3 is 9.64 Å². The first kappa shape index (κ1) is 22.0. The predicted molar refractivity (Wildman–Crippen MR) is 172 cm³/mol. The fourth-order valence-corrected chi connectivity index (χ4v) is 7.12. The monoisotopic (exact) mass is 537 g/mol. The van der Waals surface area contributed by atoms with Crippen molar-refractivity contribution < 1.29 is 4.74 Å². The van der Waals surface area contributed by atoms with Gasteiger partial charge >= 0.3 is 0 Å². The summed E-state index contributed by atoms with van der Waals surface area (Å²) in [7, 11) is 0. The molecule has 6 aromatic carbocycles. The minimum Gasteiger partial charge on any atom is -0.453 e. The number of aromatic nitrogens is 2. The smallest absolute Gasteiger partial charge is 0.151 e. The van der Waals surface area contributed by atoms with Crippen LogP contribution in [0.15, 0.2) is 140 Å². The number of para-hydroxylation sites is 8. The Morgan fingerprint density at radius 3 is 1.79 bits per heavy atom. The minimum absolute atomic E-state index is 0.860. The van der Waals surface area contributed by atoms with E-state index in [0.717, 1.165) is 28.6 Å². The van der Waals surface area contributed by atoms with Crippen LogP contribution in [0.25, 0.3) is 55.0 Å². The fraction of sp³-hybridized carbons (Fsp3) is 0. The third-order valence-corrected chi connectivity index (χ3v) is 8.82. The van der Waals surface area contributed by atoms with Crippen LogP contribution in [0.2, 0.25) is 0 Å². The molecular weight excluding hydrogens is 514 g/mol. The van der Waals surface area contributed by atoms with Crippen LogP contribution >= 0.6 is 0 Å². The molecule has 0 saturated carbocycles. The van der Waals surface area contributed by atoms with Crippen LogP contribution in [0.5, 0.6) is 11.5 Å². The van der Waals surface area contributed by atoms with Crippen LogP contribution < -0.4 is 9.64 Å². The lowest BCUT2D eigenvalue weighted by Gasteiger charge is -2.32. The van der Waals surface area contributed by atoms with E-state index in [2.05, 4.69) is 129 Å². The van der Waals surface area contributed by atoms with Crippen molar-refractivity contribution in [3.8, 4) is 22.6 Å². The second kappa shape index (κ2) is 7.93. The number of anilines is 3. The summed E-state index contributed by atoms with van der Waals surface area (Å²) in [6.07, 6.45) is 0. The number of imidazole rings is 1. The van der Waals surface area contributed by atoms with Gasteiger partial charge in [0.15, 0.2) is 11.5 Å². The van der Waals surface area contributed by atoms with Crippen molar-refractivity contribution in [1.29, 1.82) is 0 Å². The summed E-state index contributed by atoms with van der Waals surface area (Å²) in [5.41, 5.74) is 11.8. The molecule has 4 heterocycles. The summed E-state index contributed by atoms with van der Waals surface area (Å²) in [4.78, 5) is 2.29. The third kappa shape index (κ3) is 2.71. The molecule has 0 radical (unpaired) electrons. The molecule has 4 nitrogen and oxygen atoms in total. The van der Waals surface area contributed by atoms with E-state index in [4.69, 9.17) is 4.74 Å². The second-order valence-electron chi connectivity index (χ2n) is 11.0. The molecule has 0 amide bonds. The fourth-order valence-electron chi connectivity index (χ4n) is 7.12. The number of nitrogens with zero attached hydrogens (tertiary/aromatic N) is 3. The number of fused-ring (bicyclic) bond motifs is 11. The van der Waals surface area contributed by atoms with Crippen molar-refractivity contribution in [3.63, 3.8) is 0 Å². The molecule has 42 heavy (non-hydrogen) atoms. The number of hydrogen-bond acceptors (Lipinski definition) is 2. The molecule has 1 aliphatic rings. The first-order valence-electron chi connectivity index (χ1n) is 14.3. The van der Waals surface area contributed by atoms with Gasteiger partial charge in [-0.3, -0.25) is 8.80 Å². The van der Waals surface area contributed by atoms with Gasteiger partial charge in [0.05, 0.1) is 33.4 Å². The van der Waals surface area contributed by atoms with Crippen molar-refractivity contribution >= 4 is 60.9 Å². The van der Waals surface area contributed by atoms with E-state index in [9.17, 15) is 0 Å². The third-order valence-electron chi connectivity index (χ3n) is 8.82. The molecule has 0 unspecified atom stereocenters. The van der Waals surface area contributed by atoms with E-state index in [1.165, 1.54) is 55.0 Å². The van der Waals surface area contributed by atoms with E-state index < -0.39 is 0 Å². The van der Waals surface area contributed by atoms with E-state index in [-0.39, 0.29) is 0 Å². The van der Waals surface area contributed by atoms with Crippen LogP contribution in [0.1, 0.15) is 0 Å². The zero-order chi connectivity index (χ0) is 27.4. The first-order valence-corrected chi connectivity index (χ1v) is 14.3. The standard InChI is InChI=1S/C38H23N3O/c1-2-13-29-27(10-1)36-28-12-9-11-26(37(28)41-31-15-4-3-14-30(31)40(29)38(36)41)24-20-22-25(23-21-24)39-32-16-5-7-18-34(32)42-35-19-8-6-17-33(35)39/h1-23H. The van der Waals surface area contributed by atoms with Crippen LogP contribution in [0, 0.1) is 0 Å². The van der Waals surface area contributed by atoms with Gasteiger partial charge in [0.1, 0.15) is 5.65 Å². The highest BCUT2D eigenvalue weighted by Gasteiger charge is 2.26. The largest absolute Gasteiger partial charge is 0.453 e. The van der Waals surface area contributed by atoms with E-state index in [0.29, 0.717) is 0 Å². The van der Waals surface area contributed by atoms with Gasteiger partial charge in [-0.1, -0.05) is 84.9 Å². The molecule has 9 aromatic rings. The van der Waals surface area contributed by atoms with Crippen LogP contribution in [0.3, 0.4) is 0 Å². The highest BCUT2D eigenvalue weighted by atomic mass is 16.5. The van der Waals surface area contributed by atoms with Crippen LogP contribution in [-0.4, -0.2) is 8.80 Å². The predicted octanol–water partition coefficient (Wildman–Crippen LogP) is 10.3. The normalized spacial score (nSPS) is 12.9. The summed E-state index contributed by atoms with van der Waals surface area (Å²) in [6, 6.07) is 49.7. The number of hydrogen-bond donors (Lipinski definition) is 0. The molecule has 3 aromatic heterocycles. The summed E-state index contributed by atoms with van der Waals surface area (Å²) in [5.74, 6) is 1.72. The lowest BCUT2D eigenvalue weighted by atomic mass is 10.0. The zero-order valence-electron chi connectivity index (χ0n) is 22.5. The number of rotatable bonds is 2. The molecule has 0 fully saturated rings. The van der Waals surface area contributed by atoms with Crippen molar-refractivity contribution in [1.82, 2.24) is 8.80 Å². The maximum atomic E-state index is 6.23. The Hall–Kier alpha value is -5.74. The molecule has 0 spiro atoms. The Morgan fingerprint density at radius 2 is 1.05 bits per heavy atom. The van der Waals surface area contributed by atoms with Crippen molar-refractivity contribution in [3.05, 3.63) is 140 Å². The lowest BCUT2D eigenvalue weighted by Crippen LogP contribution is -2.15. The topological polar surface area (TPSA) is 21.3 Å². The summed E-state index contributed by atoms with van der Waals surface area (Å²) < 4.78 is 11.1. The van der Waals surface area contributed by atoms with Crippen LogP contribution in [-0.2, 0) is 0 Å². The molecular formula is C38H23N3O. The Labute approximate surface area is 241 Å². The van der Waals surface area contributed by atoms with Crippen LogP contribution in [0.4, 0.5) is 17.1 Å². The highest BCUT2D eigenvalue weighted by Crippen LogP contribution is 2.50. The first-order chi connectivity index (χ1) is 20.9.